The van der Waals surface area contributed by atoms with E-state index in [4.69, 9.17) is 0 Å². The highest BCUT2D eigenvalue weighted by molar-refractivity contribution is 5.76. The van der Waals surface area contributed by atoms with E-state index in [1.165, 1.54) is 0 Å². The molecule has 0 bridgehead atoms. The van der Waals surface area contributed by atoms with Crippen molar-refractivity contribution in [3.63, 3.8) is 0 Å². The molecule has 0 aliphatic rings. The zero-order valence-electron chi connectivity index (χ0n) is 28.6. The molecule has 45 heavy (non-hydrogen) atoms. The maximum Gasteiger partial charge on any atom is 0.220 e. The molecule has 0 rings (SSSR count). The number of aliphatic hydroxyl groups excluding tert-OH is 2. The summed E-state index contributed by atoms with van der Waals surface area (Å²) in [6.45, 7) is 4.01. The van der Waals surface area contributed by atoms with E-state index in [1.807, 2.05) is 6.08 Å². The van der Waals surface area contributed by atoms with Gasteiger partial charge in [-0.15, -0.1) is 0 Å². The number of hydrogen-bond acceptors (Lipinski definition) is 3. The second kappa shape index (κ2) is 35.5. The number of hydrogen-bond donors (Lipinski definition) is 3. The molecule has 0 fully saturated rings. The Bertz CT molecular complexity index is 932. The Kier molecular flexibility index (Phi) is 33.2. The molecule has 0 heterocycles. The first-order valence-corrected chi connectivity index (χ1v) is 17.6. The number of allylic oxidation sites excluding steroid dienone is 17. The van der Waals surface area contributed by atoms with Gasteiger partial charge >= 0.3 is 0 Å². The van der Waals surface area contributed by atoms with Crippen LogP contribution in [-0.2, 0) is 4.79 Å². The van der Waals surface area contributed by atoms with Crippen molar-refractivity contribution >= 4 is 5.91 Å². The molecule has 0 saturated heterocycles. The molecule has 0 aromatic rings. The van der Waals surface area contributed by atoms with Gasteiger partial charge in [-0.1, -0.05) is 149 Å². The second-order valence-corrected chi connectivity index (χ2v) is 11.2. The molecule has 0 spiro atoms. The summed E-state index contributed by atoms with van der Waals surface area (Å²) < 4.78 is 0. The topological polar surface area (TPSA) is 69.6 Å². The van der Waals surface area contributed by atoms with Crippen LogP contribution in [0.2, 0.25) is 0 Å². The van der Waals surface area contributed by atoms with Crippen molar-refractivity contribution in [2.75, 3.05) is 6.61 Å². The Morgan fingerprint density at radius 3 is 1.42 bits per heavy atom. The van der Waals surface area contributed by atoms with E-state index in [-0.39, 0.29) is 12.5 Å². The highest BCUT2D eigenvalue weighted by atomic mass is 16.3. The maximum atomic E-state index is 12.2. The van der Waals surface area contributed by atoms with Crippen molar-refractivity contribution < 1.29 is 15.0 Å². The lowest BCUT2D eigenvalue weighted by Gasteiger charge is -2.19. The zero-order chi connectivity index (χ0) is 32.9. The van der Waals surface area contributed by atoms with Crippen molar-refractivity contribution in [1.29, 1.82) is 0 Å². The van der Waals surface area contributed by atoms with E-state index >= 15 is 0 Å². The number of nitrogens with one attached hydrogen (secondary N) is 1. The van der Waals surface area contributed by atoms with E-state index in [1.54, 1.807) is 6.08 Å². The summed E-state index contributed by atoms with van der Waals surface area (Å²) in [5.74, 6) is -0.106. The smallest absolute Gasteiger partial charge is 0.220 e. The van der Waals surface area contributed by atoms with Gasteiger partial charge in [-0.05, 0) is 77.0 Å². The minimum Gasteiger partial charge on any atom is -0.394 e. The Hall–Kier alpha value is -2.95. The summed E-state index contributed by atoms with van der Waals surface area (Å²) >= 11 is 0. The number of carbonyl (C=O) groups is 1. The summed E-state index contributed by atoms with van der Waals surface area (Å²) in [5, 5.41) is 22.4. The third-order valence-electron chi connectivity index (χ3n) is 7.01. The van der Waals surface area contributed by atoms with Crippen LogP contribution in [0, 0.1) is 0 Å². The lowest BCUT2D eigenvalue weighted by atomic mass is 10.1. The van der Waals surface area contributed by atoms with Gasteiger partial charge in [0.15, 0.2) is 0 Å². The quantitative estimate of drug-likeness (QED) is 0.0576. The number of unbranched alkanes of at least 4 members (excludes halogenated alkanes) is 6. The summed E-state index contributed by atoms with van der Waals surface area (Å²) in [6, 6.07) is -0.639. The standard InChI is InChI=1S/C41H65NO3/c1-3-5-7-9-10-11-12-13-14-15-16-17-18-19-20-21-22-23-24-25-26-27-28-29-30-31-32-33-35-37-41(45)42-39(38-43)40(44)36-34-8-6-4-2/h5,7,10-11,13-14,16-17,19-20,22-23,25-26,28-29,34,36,39-40,43-44H,3-4,6,8-9,12,15,18,21,24,27,30-33,35,37-38H2,1-2H3,(H,42,45)/b7-5-,11-10-,14-13-,17-16-,20-19-,23-22-,26-25-,29-28-,36-34+. The molecule has 3 N–H and O–H groups in total. The predicted octanol–water partition coefficient (Wildman–Crippen LogP) is 10.5. The fourth-order valence-electron chi connectivity index (χ4n) is 4.29. The van der Waals surface area contributed by atoms with Crippen LogP contribution in [0.1, 0.15) is 123 Å². The first kappa shape index (κ1) is 42.0. The second-order valence-electron chi connectivity index (χ2n) is 11.2. The SMILES string of the molecule is CC/C=C\C/C=C\C/C=C\C/C=C\C/C=C\C/C=C\C/C=C\C/C=C\CCCCCCC(=O)NC(CO)C(O)/C=C/CCCC. The summed E-state index contributed by atoms with van der Waals surface area (Å²) in [6.07, 6.45) is 55.0. The van der Waals surface area contributed by atoms with Crippen molar-refractivity contribution in [1.82, 2.24) is 5.32 Å². The molecular weight excluding hydrogens is 554 g/mol. The Morgan fingerprint density at radius 1 is 0.556 bits per heavy atom. The molecule has 1 amide bonds. The molecule has 2 unspecified atom stereocenters. The van der Waals surface area contributed by atoms with Crippen molar-refractivity contribution in [3.8, 4) is 0 Å². The average Bonchev–Trinajstić information content (AvgIpc) is 3.04. The monoisotopic (exact) mass is 619 g/mol. The van der Waals surface area contributed by atoms with E-state index in [2.05, 4.69) is 116 Å². The van der Waals surface area contributed by atoms with Crippen LogP contribution in [0.5, 0.6) is 0 Å². The minimum atomic E-state index is -0.853. The van der Waals surface area contributed by atoms with Crippen LogP contribution < -0.4 is 5.32 Å². The Balaban J connectivity index is 3.70. The number of aliphatic hydroxyl groups is 2. The van der Waals surface area contributed by atoms with Crippen LogP contribution in [0.4, 0.5) is 0 Å². The summed E-state index contributed by atoms with van der Waals surface area (Å²) in [4.78, 5) is 12.2. The average molecular weight is 620 g/mol. The molecule has 4 nitrogen and oxygen atoms in total. The minimum absolute atomic E-state index is 0.106. The summed E-state index contributed by atoms with van der Waals surface area (Å²) in [7, 11) is 0. The van der Waals surface area contributed by atoms with E-state index in [9.17, 15) is 15.0 Å². The van der Waals surface area contributed by atoms with E-state index < -0.39 is 12.1 Å². The highest BCUT2D eigenvalue weighted by Crippen LogP contribution is 2.08. The molecule has 2 atom stereocenters. The summed E-state index contributed by atoms with van der Waals surface area (Å²) in [5.41, 5.74) is 0. The normalized spacial score (nSPS) is 14.5. The van der Waals surface area contributed by atoms with Gasteiger partial charge in [0, 0.05) is 6.42 Å². The van der Waals surface area contributed by atoms with Crippen molar-refractivity contribution in [2.45, 2.75) is 135 Å². The maximum absolute atomic E-state index is 12.2. The first-order valence-electron chi connectivity index (χ1n) is 17.6. The molecule has 252 valence electrons. The molecule has 0 radical (unpaired) electrons. The fraction of sp³-hybridized carbons (Fsp3) is 0.537. The van der Waals surface area contributed by atoms with E-state index in [0.717, 1.165) is 103 Å². The van der Waals surface area contributed by atoms with Crippen molar-refractivity contribution in [3.05, 3.63) is 109 Å². The number of amides is 1. The molecular formula is C41H65NO3. The third kappa shape index (κ3) is 32.3. The van der Waals surface area contributed by atoms with Gasteiger partial charge in [-0.3, -0.25) is 4.79 Å². The van der Waals surface area contributed by atoms with Gasteiger partial charge in [0.05, 0.1) is 18.8 Å². The van der Waals surface area contributed by atoms with E-state index in [0.29, 0.717) is 6.42 Å². The highest BCUT2D eigenvalue weighted by Gasteiger charge is 2.17. The zero-order valence-corrected chi connectivity index (χ0v) is 28.6. The van der Waals surface area contributed by atoms with Crippen LogP contribution in [-0.4, -0.2) is 34.9 Å². The third-order valence-corrected chi connectivity index (χ3v) is 7.01. The molecule has 0 aromatic heterocycles. The molecule has 0 aliphatic carbocycles. The first-order chi connectivity index (χ1) is 22.2. The van der Waals surface area contributed by atoms with Crippen LogP contribution >= 0.6 is 0 Å². The fourth-order valence-corrected chi connectivity index (χ4v) is 4.29. The van der Waals surface area contributed by atoms with Crippen LogP contribution in [0.3, 0.4) is 0 Å². The van der Waals surface area contributed by atoms with Gasteiger partial charge in [0.2, 0.25) is 5.91 Å². The largest absolute Gasteiger partial charge is 0.394 e. The van der Waals surface area contributed by atoms with Gasteiger partial charge in [0.25, 0.3) is 0 Å². The van der Waals surface area contributed by atoms with Gasteiger partial charge < -0.3 is 15.5 Å². The van der Waals surface area contributed by atoms with Crippen molar-refractivity contribution in [2.24, 2.45) is 0 Å². The Labute approximate surface area is 276 Å². The lowest BCUT2D eigenvalue weighted by Crippen LogP contribution is -2.45. The molecule has 0 saturated carbocycles. The number of rotatable bonds is 29. The molecule has 4 heteroatoms. The van der Waals surface area contributed by atoms with Gasteiger partial charge in [0.1, 0.15) is 0 Å². The number of carbonyl (C=O) groups excluding carboxylic acids is 1. The van der Waals surface area contributed by atoms with Crippen LogP contribution in [0.15, 0.2) is 109 Å². The van der Waals surface area contributed by atoms with Crippen LogP contribution in [0.25, 0.3) is 0 Å². The lowest BCUT2D eigenvalue weighted by molar-refractivity contribution is -0.123. The Morgan fingerprint density at radius 2 is 0.978 bits per heavy atom. The molecule has 0 aromatic carbocycles. The van der Waals surface area contributed by atoms with Gasteiger partial charge in [-0.2, -0.15) is 0 Å². The predicted molar refractivity (Wildman–Crippen MR) is 197 cm³/mol. The van der Waals surface area contributed by atoms with Gasteiger partial charge in [-0.25, -0.2) is 0 Å². The molecule has 0 aliphatic heterocycles.